The van der Waals surface area contributed by atoms with E-state index in [9.17, 15) is 4.79 Å². The van der Waals surface area contributed by atoms with E-state index in [-0.39, 0.29) is 12.2 Å². The number of Topliss-reactive ketones (excluding diaryl/α,β-unsaturated/α-hetero) is 1. The van der Waals surface area contributed by atoms with Crippen LogP contribution in [0, 0.1) is 0 Å². The summed E-state index contributed by atoms with van der Waals surface area (Å²) in [7, 11) is 1.50. The molecule has 0 N–H and O–H groups in total. The van der Waals surface area contributed by atoms with Crippen molar-refractivity contribution in [1.82, 2.24) is 25.0 Å². The van der Waals surface area contributed by atoms with Crippen molar-refractivity contribution in [3.8, 4) is 5.88 Å². The van der Waals surface area contributed by atoms with Gasteiger partial charge in [0, 0.05) is 12.6 Å². The molecule has 2 aromatic rings. The number of aromatic nitrogens is 5. The van der Waals surface area contributed by atoms with E-state index in [4.69, 9.17) is 4.74 Å². The average Bonchev–Trinajstić information content (AvgIpc) is 2.86. The van der Waals surface area contributed by atoms with Gasteiger partial charge in [-0.1, -0.05) is 6.92 Å². The minimum atomic E-state index is -0.138. The highest BCUT2D eigenvalue weighted by Gasteiger charge is 2.13. The van der Waals surface area contributed by atoms with Crippen LogP contribution in [-0.4, -0.2) is 37.9 Å². The lowest BCUT2D eigenvalue weighted by Gasteiger charge is -2.03. The highest BCUT2D eigenvalue weighted by Crippen LogP contribution is 2.07. The van der Waals surface area contributed by atoms with Gasteiger partial charge in [0.1, 0.15) is 17.8 Å². The van der Waals surface area contributed by atoms with Crippen LogP contribution in [0.15, 0.2) is 18.5 Å². The highest BCUT2D eigenvalue weighted by atomic mass is 16.5. The maximum absolute atomic E-state index is 12.0. The SMILES string of the molecule is CCCn1ncnc1CC(=O)c1ccc(OC)nn1. The van der Waals surface area contributed by atoms with Crippen LogP contribution in [0.4, 0.5) is 0 Å². The van der Waals surface area contributed by atoms with Gasteiger partial charge < -0.3 is 4.74 Å². The molecule has 0 aliphatic carbocycles. The van der Waals surface area contributed by atoms with Crippen LogP contribution in [0.3, 0.4) is 0 Å². The molecule has 7 heteroatoms. The number of hydrogen-bond donors (Lipinski definition) is 0. The molecule has 0 atom stereocenters. The van der Waals surface area contributed by atoms with Gasteiger partial charge in [-0.05, 0) is 12.5 Å². The quantitative estimate of drug-likeness (QED) is 0.719. The summed E-state index contributed by atoms with van der Waals surface area (Å²) in [6, 6.07) is 3.20. The Morgan fingerprint density at radius 2 is 2.21 bits per heavy atom. The largest absolute Gasteiger partial charge is 0.480 e. The lowest BCUT2D eigenvalue weighted by atomic mass is 10.2. The summed E-state index contributed by atoms with van der Waals surface area (Å²) in [5, 5.41) is 11.7. The predicted octanol–water partition coefficient (Wildman–Crippen LogP) is 0.912. The van der Waals surface area contributed by atoms with Crippen molar-refractivity contribution in [3.05, 3.63) is 30.0 Å². The number of rotatable bonds is 6. The Kier molecular flexibility index (Phi) is 4.17. The molecule has 0 radical (unpaired) electrons. The number of carbonyl (C=O) groups excluding carboxylic acids is 1. The lowest BCUT2D eigenvalue weighted by Crippen LogP contribution is -2.13. The Morgan fingerprint density at radius 3 is 2.84 bits per heavy atom. The fraction of sp³-hybridized carbons (Fsp3) is 0.417. The van der Waals surface area contributed by atoms with E-state index in [1.165, 1.54) is 13.4 Å². The number of aryl methyl sites for hydroxylation is 1. The number of ether oxygens (including phenoxy) is 1. The molecular weight excluding hydrogens is 246 g/mol. The Bertz CT molecular complexity index is 550. The first-order chi connectivity index (χ1) is 9.24. The van der Waals surface area contributed by atoms with Crippen molar-refractivity contribution < 1.29 is 9.53 Å². The summed E-state index contributed by atoms with van der Waals surface area (Å²) in [5.41, 5.74) is 0.298. The van der Waals surface area contributed by atoms with Crippen LogP contribution in [0.5, 0.6) is 5.88 Å². The standard InChI is InChI=1S/C12H15N5O2/c1-3-6-17-11(13-8-14-17)7-10(18)9-4-5-12(19-2)16-15-9/h4-5,8H,3,6-7H2,1-2H3. The van der Waals surface area contributed by atoms with E-state index < -0.39 is 0 Å². The fourth-order valence-electron chi connectivity index (χ4n) is 1.64. The molecule has 0 unspecified atom stereocenters. The number of carbonyl (C=O) groups is 1. The monoisotopic (exact) mass is 261 g/mol. The first-order valence-electron chi connectivity index (χ1n) is 6.02. The zero-order chi connectivity index (χ0) is 13.7. The summed E-state index contributed by atoms with van der Waals surface area (Å²) in [6.07, 6.45) is 2.56. The zero-order valence-corrected chi connectivity index (χ0v) is 10.9. The van der Waals surface area contributed by atoms with Gasteiger partial charge in [0.15, 0.2) is 5.78 Å². The third kappa shape index (κ3) is 3.12. The second-order valence-corrected chi connectivity index (χ2v) is 3.96. The average molecular weight is 261 g/mol. The van der Waals surface area contributed by atoms with Crippen LogP contribution in [0.25, 0.3) is 0 Å². The molecule has 19 heavy (non-hydrogen) atoms. The fourth-order valence-corrected chi connectivity index (χ4v) is 1.64. The van der Waals surface area contributed by atoms with E-state index in [0.29, 0.717) is 17.4 Å². The van der Waals surface area contributed by atoms with Gasteiger partial charge in [-0.2, -0.15) is 5.10 Å². The number of hydrogen-bond acceptors (Lipinski definition) is 6. The molecule has 2 rings (SSSR count). The smallest absolute Gasteiger partial charge is 0.233 e. The highest BCUT2D eigenvalue weighted by molar-refractivity contribution is 5.95. The summed E-state index contributed by atoms with van der Waals surface area (Å²) in [5.74, 6) is 0.885. The Morgan fingerprint density at radius 1 is 1.37 bits per heavy atom. The van der Waals surface area contributed by atoms with Gasteiger partial charge in [0.05, 0.1) is 13.5 Å². The van der Waals surface area contributed by atoms with Gasteiger partial charge >= 0.3 is 0 Å². The number of nitrogens with zero attached hydrogens (tertiary/aromatic N) is 5. The predicted molar refractivity (Wildman–Crippen MR) is 66.9 cm³/mol. The Hall–Kier alpha value is -2.31. The molecule has 0 fully saturated rings. The van der Waals surface area contributed by atoms with Crippen LogP contribution in [-0.2, 0) is 13.0 Å². The summed E-state index contributed by atoms with van der Waals surface area (Å²) in [6.45, 7) is 2.79. The lowest BCUT2D eigenvalue weighted by molar-refractivity contribution is 0.0983. The Labute approximate surface area is 110 Å². The van der Waals surface area contributed by atoms with Crippen molar-refractivity contribution in [2.75, 3.05) is 7.11 Å². The molecule has 100 valence electrons. The molecule has 0 aliphatic heterocycles. The van der Waals surface area contributed by atoms with Crippen molar-refractivity contribution in [2.24, 2.45) is 0 Å². The minimum Gasteiger partial charge on any atom is -0.480 e. The number of methoxy groups -OCH3 is 1. The zero-order valence-electron chi connectivity index (χ0n) is 10.9. The minimum absolute atomic E-state index is 0.138. The molecule has 7 nitrogen and oxygen atoms in total. The van der Waals surface area contributed by atoms with Crippen LogP contribution < -0.4 is 4.74 Å². The van der Waals surface area contributed by atoms with Crippen molar-refractivity contribution in [1.29, 1.82) is 0 Å². The second-order valence-electron chi connectivity index (χ2n) is 3.96. The van der Waals surface area contributed by atoms with Gasteiger partial charge in [-0.25, -0.2) is 9.67 Å². The van der Waals surface area contributed by atoms with E-state index in [2.05, 4.69) is 20.3 Å². The molecule has 0 saturated heterocycles. The summed E-state index contributed by atoms with van der Waals surface area (Å²) in [4.78, 5) is 16.1. The molecule has 0 bridgehead atoms. The first-order valence-corrected chi connectivity index (χ1v) is 6.02. The normalized spacial score (nSPS) is 10.4. The van der Waals surface area contributed by atoms with Gasteiger partial charge in [-0.15, -0.1) is 10.2 Å². The maximum atomic E-state index is 12.0. The van der Waals surface area contributed by atoms with Gasteiger partial charge in [0.25, 0.3) is 0 Å². The topological polar surface area (TPSA) is 82.8 Å². The second kappa shape index (κ2) is 6.03. The molecule has 0 amide bonds. The van der Waals surface area contributed by atoms with Crippen LogP contribution in [0.1, 0.15) is 29.7 Å². The number of ketones is 1. The third-order valence-electron chi connectivity index (χ3n) is 2.58. The molecule has 0 aliphatic rings. The molecule has 2 aromatic heterocycles. The van der Waals surface area contributed by atoms with E-state index in [1.807, 2.05) is 6.92 Å². The summed E-state index contributed by atoms with van der Waals surface area (Å²) < 4.78 is 6.63. The van der Waals surface area contributed by atoms with Crippen LogP contribution >= 0.6 is 0 Å². The van der Waals surface area contributed by atoms with E-state index in [0.717, 1.165) is 13.0 Å². The molecular formula is C12H15N5O2. The van der Waals surface area contributed by atoms with Crippen LogP contribution in [0.2, 0.25) is 0 Å². The van der Waals surface area contributed by atoms with Crippen molar-refractivity contribution in [3.63, 3.8) is 0 Å². The first kappa shape index (κ1) is 13.1. The van der Waals surface area contributed by atoms with E-state index >= 15 is 0 Å². The maximum Gasteiger partial charge on any atom is 0.233 e. The third-order valence-corrected chi connectivity index (χ3v) is 2.58. The summed E-state index contributed by atoms with van der Waals surface area (Å²) >= 11 is 0. The molecule has 0 aromatic carbocycles. The molecule has 2 heterocycles. The van der Waals surface area contributed by atoms with Gasteiger partial charge in [0.2, 0.25) is 5.88 Å². The van der Waals surface area contributed by atoms with E-state index in [1.54, 1.807) is 16.8 Å². The molecule has 0 saturated carbocycles. The van der Waals surface area contributed by atoms with Crippen molar-refractivity contribution in [2.45, 2.75) is 26.3 Å². The molecule has 0 spiro atoms. The van der Waals surface area contributed by atoms with Gasteiger partial charge in [-0.3, -0.25) is 4.79 Å². The van der Waals surface area contributed by atoms with Crippen molar-refractivity contribution >= 4 is 5.78 Å². The Balaban J connectivity index is 2.09.